The molecule has 0 amide bonds. The molecule has 0 saturated carbocycles. The van der Waals surface area contributed by atoms with Crippen LogP contribution in [-0.4, -0.2) is 12.6 Å². The maximum Gasteiger partial charge on any atom is 0.344 e. The Labute approximate surface area is 145 Å². The Morgan fingerprint density at radius 3 is 2.22 bits per heavy atom. The van der Waals surface area contributed by atoms with Gasteiger partial charge in [-0.25, -0.2) is 4.79 Å². The van der Waals surface area contributed by atoms with Gasteiger partial charge >= 0.3 is 5.97 Å². The average Bonchev–Trinajstić information content (AvgIpc) is 2.57. The number of allylic oxidation sites excluding steroid dienone is 1. The van der Waals surface area contributed by atoms with E-state index in [1.165, 1.54) is 18.4 Å². The lowest BCUT2D eigenvalue weighted by atomic mass is 10.0. The van der Waals surface area contributed by atoms with Gasteiger partial charge in [0.25, 0.3) is 0 Å². The molecule has 0 aromatic heterocycles. The number of thioether (sulfide) groups is 1. The number of unbranched alkanes of at least 4 members (excludes halogenated alkanes) is 3. The van der Waals surface area contributed by atoms with Gasteiger partial charge in [0.1, 0.15) is 0 Å². The largest absolute Gasteiger partial charge is 0.462 e. The van der Waals surface area contributed by atoms with Crippen molar-refractivity contribution in [3.63, 3.8) is 0 Å². The molecule has 1 rings (SSSR count). The van der Waals surface area contributed by atoms with E-state index < -0.39 is 0 Å². The Hall–Kier alpha value is -1.22. The van der Waals surface area contributed by atoms with Gasteiger partial charge in [-0.3, -0.25) is 0 Å². The monoisotopic (exact) mass is 334 g/mol. The van der Waals surface area contributed by atoms with Crippen LogP contribution < -0.4 is 0 Å². The van der Waals surface area contributed by atoms with Crippen LogP contribution in [-0.2, 0) is 9.53 Å². The van der Waals surface area contributed by atoms with E-state index in [0.29, 0.717) is 6.61 Å². The van der Waals surface area contributed by atoms with Crippen LogP contribution in [0.25, 0.3) is 0 Å². The van der Waals surface area contributed by atoms with Crippen LogP contribution in [0.1, 0.15) is 65.7 Å². The molecule has 1 aromatic rings. The maximum absolute atomic E-state index is 12.5. The molecule has 0 fully saturated rings. The van der Waals surface area contributed by atoms with Crippen molar-refractivity contribution in [2.75, 3.05) is 6.61 Å². The van der Waals surface area contributed by atoms with Crippen LogP contribution >= 0.6 is 11.8 Å². The van der Waals surface area contributed by atoms with Crippen LogP contribution in [0.2, 0.25) is 0 Å². The molecule has 23 heavy (non-hydrogen) atoms. The van der Waals surface area contributed by atoms with Crippen molar-refractivity contribution >= 4 is 17.7 Å². The highest BCUT2D eigenvalue weighted by Crippen LogP contribution is 2.33. The van der Waals surface area contributed by atoms with Crippen LogP contribution in [0.15, 0.2) is 45.7 Å². The van der Waals surface area contributed by atoms with Crippen LogP contribution in [0, 0.1) is 0 Å². The zero-order chi connectivity index (χ0) is 16.9. The number of ether oxygens (including phenoxy) is 1. The van der Waals surface area contributed by atoms with Crippen LogP contribution in [0.5, 0.6) is 0 Å². The number of rotatable bonds is 11. The fourth-order valence-corrected chi connectivity index (χ4v) is 3.41. The zero-order valence-electron chi connectivity index (χ0n) is 14.8. The summed E-state index contributed by atoms with van der Waals surface area (Å²) in [5.41, 5.74) is 1.27. The third-order valence-corrected chi connectivity index (χ3v) is 4.83. The first kappa shape index (κ1) is 19.8. The average molecular weight is 335 g/mol. The minimum absolute atomic E-state index is 0.163. The third kappa shape index (κ3) is 7.74. The summed E-state index contributed by atoms with van der Waals surface area (Å²) in [6.45, 7) is 6.69. The molecule has 0 atom stereocenters. The summed E-state index contributed by atoms with van der Waals surface area (Å²) in [6, 6.07) is 10.1. The standard InChI is InChI=1S/C20H30O2S/c1-4-7-10-14-17(13-8-5-2)19(20(21)22-6-3)23-18-15-11-9-12-16-18/h9,11-12,15-16H,4-8,10,13-14H2,1-3H3/b19-17+. The van der Waals surface area contributed by atoms with Crippen molar-refractivity contribution < 1.29 is 9.53 Å². The second-order valence-electron chi connectivity index (χ2n) is 5.63. The predicted molar refractivity (Wildman–Crippen MR) is 99.6 cm³/mol. The molecule has 3 heteroatoms. The molecule has 0 aliphatic heterocycles. The zero-order valence-corrected chi connectivity index (χ0v) is 15.6. The van der Waals surface area contributed by atoms with Gasteiger partial charge < -0.3 is 4.74 Å². The van der Waals surface area contributed by atoms with Gasteiger partial charge in [0.2, 0.25) is 0 Å². The number of benzene rings is 1. The molecular formula is C20H30O2S. The van der Waals surface area contributed by atoms with E-state index in [1.807, 2.05) is 37.3 Å². The van der Waals surface area contributed by atoms with Crippen molar-refractivity contribution in [1.29, 1.82) is 0 Å². The summed E-state index contributed by atoms with van der Waals surface area (Å²) < 4.78 is 5.33. The molecule has 128 valence electrons. The molecule has 0 N–H and O–H groups in total. The summed E-state index contributed by atoms with van der Waals surface area (Å²) >= 11 is 1.56. The first-order chi connectivity index (χ1) is 11.2. The van der Waals surface area contributed by atoms with Crippen molar-refractivity contribution in [3.8, 4) is 0 Å². The molecule has 0 spiro atoms. The summed E-state index contributed by atoms with van der Waals surface area (Å²) in [7, 11) is 0. The molecule has 1 aromatic carbocycles. The van der Waals surface area contributed by atoms with Gasteiger partial charge in [-0.2, -0.15) is 0 Å². The number of hydrogen-bond donors (Lipinski definition) is 0. The molecule has 0 aliphatic rings. The lowest BCUT2D eigenvalue weighted by molar-refractivity contribution is -0.137. The quantitative estimate of drug-likeness (QED) is 0.204. The Morgan fingerprint density at radius 1 is 0.957 bits per heavy atom. The van der Waals surface area contributed by atoms with E-state index in [0.717, 1.165) is 41.9 Å². The van der Waals surface area contributed by atoms with E-state index >= 15 is 0 Å². The Kier molecular flexibility index (Phi) is 10.5. The van der Waals surface area contributed by atoms with Crippen molar-refractivity contribution in [1.82, 2.24) is 0 Å². The Morgan fingerprint density at radius 2 is 1.61 bits per heavy atom. The molecule has 0 unspecified atom stereocenters. The van der Waals surface area contributed by atoms with Gasteiger partial charge in [-0.05, 0) is 50.3 Å². The lowest BCUT2D eigenvalue weighted by Crippen LogP contribution is -2.08. The number of carbonyl (C=O) groups is 1. The lowest BCUT2D eigenvalue weighted by Gasteiger charge is -2.14. The van der Waals surface area contributed by atoms with E-state index in [2.05, 4.69) is 13.8 Å². The van der Waals surface area contributed by atoms with E-state index in [9.17, 15) is 4.79 Å². The van der Waals surface area contributed by atoms with Gasteiger partial charge in [0.05, 0.1) is 11.5 Å². The topological polar surface area (TPSA) is 26.3 Å². The van der Waals surface area contributed by atoms with Gasteiger partial charge in [0.15, 0.2) is 0 Å². The molecule has 0 heterocycles. The summed E-state index contributed by atoms with van der Waals surface area (Å²) in [6.07, 6.45) is 7.82. The SMILES string of the molecule is CCCCC/C(CCCC)=C(/Sc1ccccc1)C(=O)OCC. The van der Waals surface area contributed by atoms with Gasteiger partial charge in [0, 0.05) is 4.90 Å². The van der Waals surface area contributed by atoms with Crippen LogP contribution in [0.3, 0.4) is 0 Å². The van der Waals surface area contributed by atoms with Gasteiger partial charge in [-0.15, -0.1) is 0 Å². The Balaban J connectivity index is 3.02. The minimum atomic E-state index is -0.163. The summed E-state index contributed by atoms with van der Waals surface area (Å²) in [4.78, 5) is 14.4. The van der Waals surface area contributed by atoms with Crippen molar-refractivity contribution in [2.24, 2.45) is 0 Å². The summed E-state index contributed by atoms with van der Waals surface area (Å²) in [5, 5.41) is 0. The van der Waals surface area contributed by atoms with E-state index in [1.54, 1.807) is 11.8 Å². The second kappa shape index (κ2) is 12.2. The molecule has 0 saturated heterocycles. The first-order valence-electron chi connectivity index (χ1n) is 8.84. The first-order valence-corrected chi connectivity index (χ1v) is 9.66. The normalized spacial score (nSPS) is 12.0. The highest BCUT2D eigenvalue weighted by Gasteiger charge is 2.18. The predicted octanol–water partition coefficient (Wildman–Crippen LogP) is 6.37. The van der Waals surface area contributed by atoms with Gasteiger partial charge in [-0.1, -0.05) is 63.1 Å². The van der Waals surface area contributed by atoms with Crippen molar-refractivity contribution in [3.05, 3.63) is 40.8 Å². The van der Waals surface area contributed by atoms with E-state index in [4.69, 9.17) is 4.74 Å². The number of carbonyl (C=O) groups excluding carboxylic acids is 1. The summed E-state index contributed by atoms with van der Waals surface area (Å²) in [5.74, 6) is -0.163. The fourth-order valence-electron chi connectivity index (χ4n) is 2.39. The third-order valence-electron chi connectivity index (χ3n) is 3.66. The highest BCUT2D eigenvalue weighted by atomic mass is 32.2. The fraction of sp³-hybridized carbons (Fsp3) is 0.550. The number of esters is 1. The van der Waals surface area contributed by atoms with Crippen molar-refractivity contribution in [2.45, 2.75) is 70.6 Å². The molecular weight excluding hydrogens is 304 g/mol. The minimum Gasteiger partial charge on any atom is -0.462 e. The number of hydrogen-bond acceptors (Lipinski definition) is 3. The highest BCUT2D eigenvalue weighted by molar-refractivity contribution is 8.04. The smallest absolute Gasteiger partial charge is 0.344 e. The van der Waals surface area contributed by atoms with E-state index in [-0.39, 0.29) is 5.97 Å². The second-order valence-corrected chi connectivity index (χ2v) is 6.71. The van der Waals surface area contributed by atoms with Crippen LogP contribution in [0.4, 0.5) is 0 Å². The Bertz CT molecular complexity index is 480. The molecule has 2 nitrogen and oxygen atoms in total. The molecule has 0 aliphatic carbocycles. The molecule has 0 bridgehead atoms. The maximum atomic E-state index is 12.5. The molecule has 0 radical (unpaired) electrons.